The van der Waals surface area contributed by atoms with Gasteiger partial charge in [-0.15, -0.1) is 5.10 Å². The van der Waals surface area contributed by atoms with Gasteiger partial charge in [0.1, 0.15) is 5.78 Å². The molecule has 0 aliphatic rings. The lowest BCUT2D eigenvalue weighted by atomic mass is 10.1. The molecule has 0 aliphatic heterocycles. The average molecular weight is 290 g/mol. The zero-order valence-electron chi connectivity index (χ0n) is 11.7. The summed E-state index contributed by atoms with van der Waals surface area (Å²) in [6.07, 6.45) is 3.49. The lowest BCUT2D eigenvalue weighted by molar-refractivity contribution is -0.114. The van der Waals surface area contributed by atoms with Crippen molar-refractivity contribution in [3.63, 3.8) is 0 Å². The number of carbonyl (C=O) groups is 1. The number of hydrogen-bond donors (Lipinski definition) is 0. The molecule has 0 radical (unpaired) electrons. The first-order valence-corrected chi connectivity index (χ1v) is 7.69. The third-order valence-electron chi connectivity index (χ3n) is 2.85. The molecule has 0 N–H and O–H groups in total. The molecule has 0 saturated carbocycles. The Morgan fingerprint density at radius 3 is 2.70 bits per heavy atom. The molecule has 0 spiro atoms. The van der Waals surface area contributed by atoms with Gasteiger partial charge in [0.05, 0.1) is 11.4 Å². The van der Waals surface area contributed by atoms with Crippen molar-refractivity contribution in [2.45, 2.75) is 38.3 Å². The van der Waals surface area contributed by atoms with Crippen LogP contribution in [0.1, 0.15) is 32.3 Å². The maximum Gasteiger partial charge on any atom is 0.214 e. The highest BCUT2D eigenvalue weighted by atomic mass is 32.2. The third-order valence-corrected chi connectivity index (χ3v) is 3.91. The van der Waals surface area contributed by atoms with Gasteiger partial charge in [0.15, 0.2) is 0 Å². The second-order valence-electron chi connectivity index (χ2n) is 4.63. The highest BCUT2D eigenvalue weighted by Gasteiger charge is 2.09. The molecule has 2 aromatic rings. The van der Waals surface area contributed by atoms with E-state index >= 15 is 0 Å². The number of nitrogens with zero attached hydrogens (tertiary/aromatic N) is 4. The van der Waals surface area contributed by atoms with Crippen molar-refractivity contribution in [2.75, 3.05) is 5.75 Å². The normalized spacial score (nSPS) is 10.7. The standard InChI is InChI=1S/C14H18N4OS/c1-3-4-5-12-6-8-13(9-7-12)18-14(15-16-17-18)20-10-11(2)19/h6-9H,3-5,10H2,1-2H3. The molecule has 1 aromatic heterocycles. The molecule has 0 aliphatic carbocycles. The summed E-state index contributed by atoms with van der Waals surface area (Å²) in [5.41, 5.74) is 2.24. The Morgan fingerprint density at radius 1 is 1.30 bits per heavy atom. The van der Waals surface area contributed by atoms with Crippen LogP contribution in [0.4, 0.5) is 0 Å². The number of hydrogen-bond acceptors (Lipinski definition) is 5. The van der Waals surface area contributed by atoms with Crippen LogP contribution in [0.2, 0.25) is 0 Å². The molecule has 0 atom stereocenters. The van der Waals surface area contributed by atoms with Gasteiger partial charge in [-0.3, -0.25) is 4.79 Å². The van der Waals surface area contributed by atoms with E-state index < -0.39 is 0 Å². The molecule has 0 fully saturated rings. The van der Waals surface area contributed by atoms with Crippen LogP contribution in [0.15, 0.2) is 29.4 Å². The van der Waals surface area contributed by atoms with Gasteiger partial charge < -0.3 is 0 Å². The van der Waals surface area contributed by atoms with Crippen LogP contribution >= 0.6 is 11.8 Å². The molecule has 5 nitrogen and oxygen atoms in total. The average Bonchev–Trinajstić information content (AvgIpc) is 2.92. The predicted molar refractivity (Wildman–Crippen MR) is 79.2 cm³/mol. The fourth-order valence-corrected chi connectivity index (χ4v) is 2.47. The molecule has 20 heavy (non-hydrogen) atoms. The maximum absolute atomic E-state index is 11.0. The van der Waals surface area contributed by atoms with Gasteiger partial charge in [0.25, 0.3) is 0 Å². The summed E-state index contributed by atoms with van der Waals surface area (Å²) in [5.74, 6) is 0.495. The van der Waals surface area contributed by atoms with Crippen molar-refractivity contribution in [1.29, 1.82) is 0 Å². The van der Waals surface area contributed by atoms with Crippen LogP contribution in [0.3, 0.4) is 0 Å². The third kappa shape index (κ3) is 3.90. The highest BCUT2D eigenvalue weighted by molar-refractivity contribution is 7.99. The van der Waals surface area contributed by atoms with Crippen LogP contribution in [-0.4, -0.2) is 31.7 Å². The number of ketones is 1. The minimum absolute atomic E-state index is 0.111. The fraction of sp³-hybridized carbons (Fsp3) is 0.429. The monoisotopic (exact) mass is 290 g/mol. The van der Waals surface area contributed by atoms with E-state index in [-0.39, 0.29) is 5.78 Å². The van der Waals surface area contributed by atoms with Gasteiger partial charge >= 0.3 is 0 Å². The predicted octanol–water partition coefficient (Wildman–Crippen LogP) is 2.69. The second kappa shape index (κ2) is 7.19. The van der Waals surface area contributed by atoms with E-state index in [4.69, 9.17) is 0 Å². The number of aromatic nitrogens is 4. The summed E-state index contributed by atoms with van der Waals surface area (Å²) < 4.78 is 1.66. The van der Waals surface area contributed by atoms with Crippen molar-refractivity contribution < 1.29 is 4.79 Å². The first kappa shape index (κ1) is 14.7. The zero-order chi connectivity index (χ0) is 14.4. The van der Waals surface area contributed by atoms with Crippen LogP contribution in [0.25, 0.3) is 5.69 Å². The van der Waals surface area contributed by atoms with Gasteiger partial charge in [0, 0.05) is 0 Å². The number of benzene rings is 1. The molecule has 0 unspecified atom stereocenters. The molecule has 1 heterocycles. The molecular formula is C14H18N4OS. The Kier molecular flexibility index (Phi) is 5.29. The van der Waals surface area contributed by atoms with Crippen molar-refractivity contribution in [1.82, 2.24) is 20.2 Å². The molecule has 0 bridgehead atoms. The molecule has 106 valence electrons. The maximum atomic E-state index is 11.0. The van der Waals surface area contributed by atoms with E-state index in [0.29, 0.717) is 10.9 Å². The Labute approximate surface area is 122 Å². The fourth-order valence-electron chi connectivity index (χ4n) is 1.78. The van der Waals surface area contributed by atoms with Gasteiger partial charge in [-0.05, 0) is 47.9 Å². The molecular weight excluding hydrogens is 272 g/mol. The summed E-state index contributed by atoms with van der Waals surface area (Å²) in [5, 5.41) is 12.2. The molecule has 2 rings (SSSR count). The zero-order valence-corrected chi connectivity index (χ0v) is 12.6. The first-order valence-electron chi connectivity index (χ1n) is 6.70. The molecule has 0 saturated heterocycles. The number of unbranched alkanes of at least 4 members (excludes halogenated alkanes) is 1. The SMILES string of the molecule is CCCCc1ccc(-n2nnnc2SCC(C)=O)cc1. The van der Waals surface area contributed by atoms with E-state index in [0.717, 1.165) is 12.1 Å². The quantitative estimate of drug-likeness (QED) is 0.734. The van der Waals surface area contributed by atoms with Gasteiger partial charge in [0.2, 0.25) is 5.16 Å². The number of carbonyl (C=O) groups excluding carboxylic acids is 1. The van der Waals surface area contributed by atoms with Gasteiger partial charge in [-0.25, -0.2) is 0 Å². The number of aryl methyl sites for hydroxylation is 1. The first-order chi connectivity index (χ1) is 9.70. The van der Waals surface area contributed by atoms with E-state index in [2.05, 4.69) is 34.6 Å². The van der Waals surface area contributed by atoms with Gasteiger partial charge in [-0.2, -0.15) is 4.68 Å². The molecule has 1 aromatic carbocycles. The minimum Gasteiger partial charge on any atom is -0.299 e. The van der Waals surface area contributed by atoms with Crippen LogP contribution in [0.5, 0.6) is 0 Å². The minimum atomic E-state index is 0.111. The summed E-state index contributed by atoms with van der Waals surface area (Å²) in [6.45, 7) is 3.75. The van der Waals surface area contributed by atoms with Crippen LogP contribution < -0.4 is 0 Å². The summed E-state index contributed by atoms with van der Waals surface area (Å²) in [4.78, 5) is 11.0. The smallest absolute Gasteiger partial charge is 0.214 e. The van der Waals surface area contributed by atoms with Crippen molar-refractivity contribution in [2.24, 2.45) is 0 Å². The van der Waals surface area contributed by atoms with Crippen LogP contribution in [-0.2, 0) is 11.2 Å². The summed E-state index contributed by atoms with van der Waals surface area (Å²) in [7, 11) is 0. The lowest BCUT2D eigenvalue weighted by Gasteiger charge is -2.05. The summed E-state index contributed by atoms with van der Waals surface area (Å²) in [6, 6.07) is 8.23. The van der Waals surface area contributed by atoms with E-state index in [1.54, 1.807) is 11.6 Å². The number of tetrazole rings is 1. The number of rotatable bonds is 7. The van der Waals surface area contributed by atoms with Crippen molar-refractivity contribution in [3.8, 4) is 5.69 Å². The highest BCUT2D eigenvalue weighted by Crippen LogP contribution is 2.18. The molecule has 0 amide bonds. The van der Waals surface area contributed by atoms with E-state index in [1.165, 1.54) is 30.2 Å². The second-order valence-corrected chi connectivity index (χ2v) is 5.58. The number of Topliss-reactive ketones (excluding diaryl/α,β-unsaturated/α-hetero) is 1. The van der Waals surface area contributed by atoms with Gasteiger partial charge in [-0.1, -0.05) is 37.2 Å². The Hall–Kier alpha value is -1.69. The van der Waals surface area contributed by atoms with E-state index in [1.807, 2.05) is 12.1 Å². The molecule has 6 heteroatoms. The Bertz CT molecular complexity index is 565. The Morgan fingerprint density at radius 2 is 2.05 bits per heavy atom. The van der Waals surface area contributed by atoms with Crippen LogP contribution in [0, 0.1) is 0 Å². The number of thioether (sulfide) groups is 1. The van der Waals surface area contributed by atoms with Crippen molar-refractivity contribution >= 4 is 17.5 Å². The summed E-state index contributed by atoms with van der Waals surface area (Å²) >= 11 is 1.35. The lowest BCUT2D eigenvalue weighted by Crippen LogP contribution is -2.01. The Balaban J connectivity index is 2.11. The largest absolute Gasteiger partial charge is 0.299 e. The van der Waals surface area contributed by atoms with Crippen molar-refractivity contribution in [3.05, 3.63) is 29.8 Å². The van der Waals surface area contributed by atoms with E-state index in [9.17, 15) is 4.79 Å². The topological polar surface area (TPSA) is 60.7 Å².